The molecule has 0 atom stereocenters. The van der Waals surface area contributed by atoms with Crippen molar-refractivity contribution in [2.45, 2.75) is 25.7 Å². The van der Waals surface area contributed by atoms with Crippen LogP contribution in [0.5, 0.6) is 5.75 Å². The van der Waals surface area contributed by atoms with Gasteiger partial charge >= 0.3 is 5.97 Å². The quantitative estimate of drug-likeness (QED) is 0.445. The van der Waals surface area contributed by atoms with E-state index in [1.807, 2.05) is 24.3 Å². The fourth-order valence-corrected chi connectivity index (χ4v) is 1.44. The van der Waals surface area contributed by atoms with E-state index in [1.165, 1.54) is 5.56 Å². The number of thiol groups is 1. The van der Waals surface area contributed by atoms with Crippen LogP contribution in [0, 0.1) is 0 Å². The number of carboxylic acid groups (broad SMARTS) is 1. The van der Waals surface area contributed by atoms with Crippen LogP contribution in [-0.4, -0.2) is 11.1 Å². The zero-order valence-corrected chi connectivity index (χ0v) is 9.24. The summed E-state index contributed by atoms with van der Waals surface area (Å²) in [6.45, 7) is 0. The van der Waals surface area contributed by atoms with Gasteiger partial charge in [-0.25, -0.2) is 0 Å². The normalized spacial score (nSPS) is 9.93. The largest absolute Gasteiger partial charge is 0.481 e. The van der Waals surface area contributed by atoms with Gasteiger partial charge in [0.2, 0.25) is 0 Å². The average molecular weight is 226 g/mol. The first-order chi connectivity index (χ1) is 7.22. The first-order valence-corrected chi connectivity index (χ1v) is 5.21. The number of aryl methyl sites for hydroxylation is 1. The SMILES string of the molecule is O=C(O)CCCCc1ccc(OS)cc1. The van der Waals surface area contributed by atoms with Crippen molar-refractivity contribution < 1.29 is 14.1 Å². The molecule has 0 spiro atoms. The maximum atomic E-state index is 10.3. The number of unbranched alkanes of at least 4 members (excludes halogenated alkanes) is 1. The summed E-state index contributed by atoms with van der Waals surface area (Å²) < 4.78 is 4.74. The van der Waals surface area contributed by atoms with Crippen molar-refractivity contribution in [1.82, 2.24) is 0 Å². The third kappa shape index (κ3) is 4.74. The lowest BCUT2D eigenvalue weighted by Crippen LogP contribution is -1.94. The van der Waals surface area contributed by atoms with Crippen molar-refractivity contribution in [1.29, 1.82) is 0 Å². The molecule has 0 fully saturated rings. The minimum Gasteiger partial charge on any atom is -0.481 e. The van der Waals surface area contributed by atoms with Gasteiger partial charge in [0.15, 0.2) is 0 Å². The Morgan fingerprint density at radius 2 is 1.93 bits per heavy atom. The molecule has 0 bridgehead atoms. The van der Waals surface area contributed by atoms with Crippen LogP contribution in [0.25, 0.3) is 0 Å². The molecule has 4 heteroatoms. The second-order valence-electron chi connectivity index (χ2n) is 3.34. The summed E-state index contributed by atoms with van der Waals surface area (Å²) in [6.07, 6.45) is 2.77. The van der Waals surface area contributed by atoms with Gasteiger partial charge < -0.3 is 9.29 Å². The molecule has 0 aromatic heterocycles. The van der Waals surface area contributed by atoms with E-state index in [1.54, 1.807) is 0 Å². The van der Waals surface area contributed by atoms with Crippen molar-refractivity contribution in [2.75, 3.05) is 0 Å². The Bertz CT molecular complexity index is 308. The fraction of sp³-hybridized carbons (Fsp3) is 0.364. The highest BCUT2D eigenvalue weighted by Gasteiger charge is 1.98. The number of benzene rings is 1. The number of aliphatic carboxylic acids is 1. The lowest BCUT2D eigenvalue weighted by Gasteiger charge is -2.01. The molecule has 1 aromatic rings. The molecule has 15 heavy (non-hydrogen) atoms. The minimum absolute atomic E-state index is 0.248. The molecule has 1 N–H and O–H groups in total. The third-order valence-corrected chi connectivity index (χ3v) is 2.35. The monoisotopic (exact) mass is 226 g/mol. The highest BCUT2D eigenvalue weighted by atomic mass is 32.1. The molecule has 3 nitrogen and oxygen atoms in total. The van der Waals surface area contributed by atoms with Crippen LogP contribution >= 0.6 is 12.9 Å². The molecule has 0 aliphatic rings. The maximum Gasteiger partial charge on any atom is 0.303 e. The summed E-state index contributed by atoms with van der Waals surface area (Å²) >= 11 is 3.69. The Balaban J connectivity index is 2.28. The van der Waals surface area contributed by atoms with E-state index < -0.39 is 5.97 Å². The highest BCUT2D eigenvalue weighted by Crippen LogP contribution is 2.14. The molecule has 0 saturated carbocycles. The van der Waals surface area contributed by atoms with Crippen LogP contribution < -0.4 is 4.18 Å². The van der Waals surface area contributed by atoms with Gasteiger partial charge in [-0.15, -0.1) is 0 Å². The van der Waals surface area contributed by atoms with Gasteiger partial charge in [-0.1, -0.05) is 12.1 Å². The Morgan fingerprint density at radius 1 is 1.27 bits per heavy atom. The predicted molar refractivity (Wildman–Crippen MR) is 61.2 cm³/mol. The van der Waals surface area contributed by atoms with E-state index >= 15 is 0 Å². The molecule has 0 amide bonds. The number of carbonyl (C=O) groups is 1. The van der Waals surface area contributed by atoms with Crippen molar-refractivity contribution in [3.05, 3.63) is 29.8 Å². The second-order valence-corrected chi connectivity index (χ2v) is 3.52. The molecule has 82 valence electrons. The van der Waals surface area contributed by atoms with Gasteiger partial charge in [-0.3, -0.25) is 4.79 Å². The number of rotatable bonds is 6. The van der Waals surface area contributed by atoms with E-state index in [4.69, 9.17) is 9.29 Å². The molecule has 0 aliphatic carbocycles. The van der Waals surface area contributed by atoms with Crippen LogP contribution in [0.3, 0.4) is 0 Å². The summed E-state index contributed by atoms with van der Waals surface area (Å²) in [5.41, 5.74) is 1.19. The number of carboxylic acids is 1. The lowest BCUT2D eigenvalue weighted by atomic mass is 10.1. The van der Waals surface area contributed by atoms with Gasteiger partial charge in [-0.05, 0) is 37.0 Å². The Morgan fingerprint density at radius 3 is 2.47 bits per heavy atom. The van der Waals surface area contributed by atoms with E-state index in [9.17, 15) is 4.79 Å². The number of hydrogen-bond donors (Lipinski definition) is 2. The van der Waals surface area contributed by atoms with Gasteiger partial charge in [0.25, 0.3) is 0 Å². The molecule has 0 radical (unpaired) electrons. The standard InChI is InChI=1S/C11H14O3S/c12-11(13)4-2-1-3-9-5-7-10(14-15)8-6-9/h5-8,15H,1-4H2,(H,12,13). The van der Waals surface area contributed by atoms with E-state index in [2.05, 4.69) is 12.9 Å². The summed E-state index contributed by atoms with van der Waals surface area (Å²) in [4.78, 5) is 10.3. The average Bonchev–Trinajstić information content (AvgIpc) is 2.25. The first-order valence-electron chi connectivity index (χ1n) is 4.84. The zero-order valence-electron chi connectivity index (χ0n) is 8.35. The number of hydrogen-bond acceptors (Lipinski definition) is 3. The van der Waals surface area contributed by atoms with E-state index in [0.29, 0.717) is 5.75 Å². The molecular formula is C11H14O3S. The molecule has 0 aliphatic heterocycles. The Labute approximate surface area is 94.7 Å². The minimum atomic E-state index is -0.728. The van der Waals surface area contributed by atoms with Crippen LogP contribution in [0.15, 0.2) is 24.3 Å². The molecule has 1 aromatic carbocycles. The smallest absolute Gasteiger partial charge is 0.303 e. The van der Waals surface area contributed by atoms with E-state index in [-0.39, 0.29) is 6.42 Å². The van der Waals surface area contributed by atoms with Gasteiger partial charge in [-0.2, -0.15) is 0 Å². The van der Waals surface area contributed by atoms with Crippen LogP contribution in [-0.2, 0) is 11.2 Å². The van der Waals surface area contributed by atoms with Gasteiger partial charge in [0.1, 0.15) is 5.75 Å². The van der Waals surface area contributed by atoms with Crippen LogP contribution in [0.2, 0.25) is 0 Å². The van der Waals surface area contributed by atoms with Gasteiger partial charge in [0.05, 0.1) is 0 Å². The summed E-state index contributed by atoms with van der Waals surface area (Å²) in [5, 5.41) is 8.45. The lowest BCUT2D eigenvalue weighted by molar-refractivity contribution is -0.137. The van der Waals surface area contributed by atoms with Crippen LogP contribution in [0.4, 0.5) is 0 Å². The molecule has 0 saturated heterocycles. The summed E-state index contributed by atoms with van der Waals surface area (Å²) in [7, 11) is 0. The second kappa shape index (κ2) is 6.35. The van der Waals surface area contributed by atoms with Crippen molar-refractivity contribution in [2.24, 2.45) is 0 Å². The van der Waals surface area contributed by atoms with E-state index in [0.717, 1.165) is 19.3 Å². The third-order valence-electron chi connectivity index (χ3n) is 2.13. The van der Waals surface area contributed by atoms with Gasteiger partial charge in [0, 0.05) is 19.3 Å². The molecule has 1 rings (SSSR count). The Hall–Kier alpha value is -1.16. The maximum absolute atomic E-state index is 10.3. The molecular weight excluding hydrogens is 212 g/mol. The predicted octanol–water partition coefficient (Wildman–Crippen LogP) is 2.71. The van der Waals surface area contributed by atoms with Crippen molar-refractivity contribution in [3.63, 3.8) is 0 Å². The summed E-state index contributed by atoms with van der Waals surface area (Å²) in [5.74, 6) is -0.0126. The van der Waals surface area contributed by atoms with Crippen molar-refractivity contribution in [3.8, 4) is 5.75 Å². The highest BCUT2D eigenvalue weighted by molar-refractivity contribution is 7.75. The molecule has 0 unspecified atom stereocenters. The topological polar surface area (TPSA) is 46.5 Å². The summed E-state index contributed by atoms with van der Waals surface area (Å²) in [6, 6.07) is 7.62. The fourth-order valence-electron chi connectivity index (χ4n) is 1.32. The van der Waals surface area contributed by atoms with Crippen molar-refractivity contribution >= 4 is 18.9 Å². The molecule has 0 heterocycles. The Kier molecular flexibility index (Phi) is 5.04. The first kappa shape index (κ1) is 11.9. The zero-order chi connectivity index (χ0) is 11.1. The van der Waals surface area contributed by atoms with Crippen LogP contribution in [0.1, 0.15) is 24.8 Å².